The number of carbonyl (C=O) groups is 1. The molecule has 0 saturated carbocycles. The van der Waals surface area contributed by atoms with Crippen molar-refractivity contribution in [3.8, 4) is 0 Å². The summed E-state index contributed by atoms with van der Waals surface area (Å²) in [5.41, 5.74) is 0.835. The van der Waals surface area contributed by atoms with Crippen molar-refractivity contribution >= 4 is 17.7 Å². The van der Waals surface area contributed by atoms with Gasteiger partial charge in [-0.3, -0.25) is 0 Å². The molecule has 0 aliphatic rings. The molecular formula is C13H17NO2S. The minimum Gasteiger partial charge on any atom is -0.478 e. The van der Waals surface area contributed by atoms with Crippen LogP contribution in [0.2, 0.25) is 0 Å². The van der Waals surface area contributed by atoms with Gasteiger partial charge < -0.3 is 10.4 Å². The molecule has 0 amide bonds. The van der Waals surface area contributed by atoms with Crippen LogP contribution in [0, 0.1) is 0 Å². The highest BCUT2D eigenvalue weighted by atomic mass is 32.2. The number of benzene rings is 1. The van der Waals surface area contributed by atoms with Crippen LogP contribution >= 0.6 is 11.8 Å². The van der Waals surface area contributed by atoms with Crippen LogP contribution in [0.4, 0.5) is 0 Å². The van der Waals surface area contributed by atoms with E-state index in [0.29, 0.717) is 6.54 Å². The van der Waals surface area contributed by atoms with Crippen molar-refractivity contribution in [2.75, 3.05) is 18.8 Å². The van der Waals surface area contributed by atoms with E-state index in [0.717, 1.165) is 17.9 Å². The first-order chi connectivity index (χ1) is 8.18. The van der Waals surface area contributed by atoms with Gasteiger partial charge in [0.05, 0.1) is 0 Å². The number of aliphatic carboxylic acids is 1. The first kappa shape index (κ1) is 13.8. The minimum atomic E-state index is -0.886. The Bertz CT molecular complexity index is 376. The lowest BCUT2D eigenvalue weighted by Crippen LogP contribution is -2.19. The molecule has 0 aromatic heterocycles. The normalized spacial score (nSPS) is 11.5. The Morgan fingerprint density at radius 1 is 1.41 bits per heavy atom. The molecule has 0 aliphatic heterocycles. The van der Waals surface area contributed by atoms with Crippen LogP contribution in [0.1, 0.15) is 6.92 Å². The molecule has 4 heteroatoms. The molecule has 17 heavy (non-hydrogen) atoms. The highest BCUT2D eigenvalue weighted by Crippen LogP contribution is 2.15. The van der Waals surface area contributed by atoms with E-state index < -0.39 is 5.97 Å². The zero-order chi connectivity index (χ0) is 12.5. The Morgan fingerprint density at radius 3 is 2.76 bits per heavy atom. The van der Waals surface area contributed by atoms with Crippen molar-refractivity contribution in [3.63, 3.8) is 0 Å². The van der Waals surface area contributed by atoms with Gasteiger partial charge in [-0.1, -0.05) is 23.8 Å². The lowest BCUT2D eigenvalue weighted by Gasteiger charge is -2.04. The second-order valence-corrected chi connectivity index (χ2v) is 4.84. The molecule has 0 atom stereocenters. The van der Waals surface area contributed by atoms with Crippen LogP contribution in [-0.4, -0.2) is 29.9 Å². The van der Waals surface area contributed by atoms with Crippen LogP contribution < -0.4 is 5.32 Å². The Labute approximate surface area is 106 Å². The molecule has 92 valence electrons. The molecule has 0 saturated heterocycles. The molecule has 2 N–H and O–H groups in total. The van der Waals surface area contributed by atoms with Gasteiger partial charge in [0.2, 0.25) is 0 Å². The third kappa shape index (κ3) is 6.81. The molecule has 0 unspecified atom stereocenters. The van der Waals surface area contributed by atoms with Crippen molar-refractivity contribution in [2.45, 2.75) is 11.8 Å². The molecule has 0 bridgehead atoms. The van der Waals surface area contributed by atoms with E-state index in [1.54, 1.807) is 11.8 Å². The molecule has 0 aliphatic carbocycles. The summed E-state index contributed by atoms with van der Waals surface area (Å²) in [6.07, 6.45) is 1.23. The summed E-state index contributed by atoms with van der Waals surface area (Å²) in [6, 6.07) is 10.2. The van der Waals surface area contributed by atoms with E-state index in [9.17, 15) is 4.79 Å². The van der Waals surface area contributed by atoms with E-state index in [2.05, 4.69) is 17.4 Å². The van der Waals surface area contributed by atoms with Gasteiger partial charge in [0.1, 0.15) is 0 Å². The van der Waals surface area contributed by atoms with E-state index in [4.69, 9.17) is 5.11 Å². The monoisotopic (exact) mass is 251 g/mol. The van der Waals surface area contributed by atoms with E-state index in [1.807, 2.05) is 25.1 Å². The maximum absolute atomic E-state index is 10.4. The lowest BCUT2D eigenvalue weighted by atomic mass is 10.3. The number of carboxylic acid groups (broad SMARTS) is 1. The topological polar surface area (TPSA) is 49.3 Å². The van der Waals surface area contributed by atoms with Gasteiger partial charge in [-0.05, 0) is 19.1 Å². The second kappa shape index (κ2) is 7.92. The predicted octanol–water partition coefficient (Wildman–Crippen LogP) is 2.40. The lowest BCUT2D eigenvalue weighted by molar-refractivity contribution is -0.131. The van der Waals surface area contributed by atoms with E-state index >= 15 is 0 Å². The third-order valence-corrected chi connectivity index (χ3v) is 3.08. The Hall–Kier alpha value is -1.26. The fourth-order valence-electron chi connectivity index (χ4n) is 1.31. The van der Waals surface area contributed by atoms with Gasteiger partial charge in [0.25, 0.3) is 0 Å². The van der Waals surface area contributed by atoms with Gasteiger partial charge in [-0.2, -0.15) is 0 Å². The summed E-state index contributed by atoms with van der Waals surface area (Å²) in [6.45, 7) is 3.30. The number of rotatable bonds is 7. The summed E-state index contributed by atoms with van der Waals surface area (Å²) in [5, 5.41) is 11.7. The smallest absolute Gasteiger partial charge is 0.328 e. The van der Waals surface area contributed by atoms with Crippen LogP contribution in [0.5, 0.6) is 0 Å². The first-order valence-electron chi connectivity index (χ1n) is 5.47. The molecular weight excluding hydrogens is 234 g/mol. The fraction of sp³-hybridized carbons (Fsp3) is 0.308. The molecule has 0 radical (unpaired) electrons. The average molecular weight is 251 g/mol. The molecule has 0 spiro atoms. The van der Waals surface area contributed by atoms with Gasteiger partial charge in [-0.15, -0.1) is 11.8 Å². The summed E-state index contributed by atoms with van der Waals surface area (Å²) in [7, 11) is 0. The Balaban J connectivity index is 2.11. The zero-order valence-electron chi connectivity index (χ0n) is 9.85. The van der Waals surface area contributed by atoms with Crippen molar-refractivity contribution in [2.24, 2.45) is 0 Å². The quantitative estimate of drug-likeness (QED) is 0.444. The summed E-state index contributed by atoms with van der Waals surface area (Å²) >= 11 is 1.79. The number of carboxylic acids is 1. The molecule has 0 heterocycles. The largest absolute Gasteiger partial charge is 0.478 e. The van der Waals surface area contributed by atoms with Gasteiger partial charge in [0, 0.05) is 29.8 Å². The zero-order valence-corrected chi connectivity index (χ0v) is 10.7. The molecule has 1 aromatic carbocycles. The summed E-state index contributed by atoms with van der Waals surface area (Å²) in [4.78, 5) is 11.6. The fourth-order valence-corrected chi connectivity index (χ4v) is 2.14. The van der Waals surface area contributed by atoms with E-state index in [1.165, 1.54) is 11.0 Å². The van der Waals surface area contributed by atoms with Crippen molar-refractivity contribution < 1.29 is 9.90 Å². The SMILES string of the molecule is C/C(=C/C(=O)O)CNCCSc1ccccc1. The van der Waals surface area contributed by atoms with Crippen molar-refractivity contribution in [3.05, 3.63) is 42.0 Å². The summed E-state index contributed by atoms with van der Waals surface area (Å²) in [5.74, 6) is 0.0904. The Morgan fingerprint density at radius 2 is 2.12 bits per heavy atom. The third-order valence-electron chi connectivity index (χ3n) is 2.06. The molecule has 3 nitrogen and oxygen atoms in total. The van der Waals surface area contributed by atoms with Crippen molar-refractivity contribution in [1.29, 1.82) is 0 Å². The highest BCUT2D eigenvalue weighted by Gasteiger charge is 1.95. The van der Waals surface area contributed by atoms with Crippen LogP contribution in [0.3, 0.4) is 0 Å². The maximum atomic E-state index is 10.4. The molecule has 0 fully saturated rings. The number of thioether (sulfide) groups is 1. The second-order valence-electron chi connectivity index (χ2n) is 3.67. The van der Waals surface area contributed by atoms with Crippen LogP contribution in [0.15, 0.2) is 46.9 Å². The predicted molar refractivity (Wildman–Crippen MR) is 71.4 cm³/mol. The number of hydrogen-bond donors (Lipinski definition) is 2. The Kier molecular flexibility index (Phi) is 6.43. The maximum Gasteiger partial charge on any atom is 0.328 e. The summed E-state index contributed by atoms with van der Waals surface area (Å²) < 4.78 is 0. The van der Waals surface area contributed by atoms with Crippen LogP contribution in [0.25, 0.3) is 0 Å². The minimum absolute atomic E-state index is 0.627. The molecule has 1 aromatic rings. The van der Waals surface area contributed by atoms with Crippen LogP contribution in [-0.2, 0) is 4.79 Å². The van der Waals surface area contributed by atoms with Gasteiger partial charge in [-0.25, -0.2) is 4.79 Å². The van der Waals surface area contributed by atoms with Gasteiger partial charge in [0.15, 0.2) is 0 Å². The highest BCUT2D eigenvalue weighted by molar-refractivity contribution is 7.99. The molecule has 1 rings (SSSR count). The number of hydrogen-bond acceptors (Lipinski definition) is 3. The first-order valence-corrected chi connectivity index (χ1v) is 6.45. The standard InChI is InChI=1S/C13H17NO2S/c1-11(9-13(15)16)10-14-7-8-17-12-5-3-2-4-6-12/h2-6,9,14H,7-8,10H2,1H3,(H,15,16)/b11-9-. The number of nitrogens with one attached hydrogen (secondary N) is 1. The van der Waals surface area contributed by atoms with Crippen molar-refractivity contribution in [1.82, 2.24) is 5.32 Å². The average Bonchev–Trinajstić information content (AvgIpc) is 2.29. The van der Waals surface area contributed by atoms with Gasteiger partial charge >= 0.3 is 5.97 Å². The van der Waals surface area contributed by atoms with E-state index in [-0.39, 0.29) is 0 Å².